The van der Waals surface area contributed by atoms with E-state index in [1.165, 1.54) is 19.4 Å². The zero-order valence-electron chi connectivity index (χ0n) is 9.98. The molecule has 0 spiro atoms. The Morgan fingerprint density at radius 3 is 2.79 bits per heavy atom. The van der Waals surface area contributed by atoms with Crippen molar-refractivity contribution in [2.24, 2.45) is 0 Å². The number of halogens is 2. The SMILES string of the molecule is COc1ccc(Cl)cc1C(=O)Nc1ncccc1Cl. The van der Waals surface area contributed by atoms with E-state index in [1.54, 1.807) is 24.3 Å². The molecule has 0 radical (unpaired) electrons. The molecule has 0 aliphatic heterocycles. The van der Waals surface area contributed by atoms with Gasteiger partial charge in [0.1, 0.15) is 5.75 Å². The highest BCUT2D eigenvalue weighted by Crippen LogP contribution is 2.25. The molecule has 19 heavy (non-hydrogen) atoms. The standard InChI is InChI=1S/C13H10Cl2N2O2/c1-19-11-5-4-8(14)7-9(11)13(18)17-12-10(15)3-2-6-16-12/h2-7H,1H3,(H,16,17,18). The molecule has 1 N–H and O–H groups in total. The molecule has 2 aromatic rings. The summed E-state index contributed by atoms with van der Waals surface area (Å²) in [5.74, 6) is 0.324. The molecule has 0 saturated heterocycles. The normalized spacial score (nSPS) is 10.1. The van der Waals surface area contributed by atoms with E-state index in [9.17, 15) is 4.79 Å². The first-order valence-electron chi connectivity index (χ1n) is 5.37. The first-order chi connectivity index (χ1) is 9.11. The van der Waals surface area contributed by atoms with Gasteiger partial charge in [0.15, 0.2) is 5.82 Å². The summed E-state index contributed by atoms with van der Waals surface area (Å²) in [6.45, 7) is 0. The molecule has 0 unspecified atom stereocenters. The van der Waals surface area contributed by atoms with Crippen LogP contribution in [0.15, 0.2) is 36.5 Å². The average molecular weight is 297 g/mol. The van der Waals surface area contributed by atoms with Crippen LogP contribution in [0.2, 0.25) is 10.0 Å². The molecule has 0 fully saturated rings. The Labute approximate surface area is 120 Å². The fourth-order valence-corrected chi connectivity index (χ4v) is 1.85. The number of anilines is 1. The lowest BCUT2D eigenvalue weighted by Gasteiger charge is -2.09. The predicted molar refractivity (Wildman–Crippen MR) is 75.2 cm³/mol. The highest BCUT2D eigenvalue weighted by Gasteiger charge is 2.14. The summed E-state index contributed by atoms with van der Waals surface area (Å²) in [5, 5.41) is 3.41. The third kappa shape index (κ3) is 3.16. The van der Waals surface area contributed by atoms with Crippen molar-refractivity contribution in [2.45, 2.75) is 0 Å². The van der Waals surface area contributed by atoms with Crippen molar-refractivity contribution in [3.8, 4) is 5.75 Å². The van der Waals surface area contributed by atoms with Gasteiger partial charge in [0, 0.05) is 11.2 Å². The van der Waals surface area contributed by atoms with E-state index >= 15 is 0 Å². The van der Waals surface area contributed by atoms with Crippen molar-refractivity contribution >= 4 is 34.9 Å². The topological polar surface area (TPSA) is 51.2 Å². The number of aromatic nitrogens is 1. The smallest absolute Gasteiger partial charge is 0.260 e. The van der Waals surface area contributed by atoms with Gasteiger partial charge in [-0.25, -0.2) is 4.98 Å². The lowest BCUT2D eigenvalue weighted by Crippen LogP contribution is -2.14. The maximum Gasteiger partial charge on any atom is 0.260 e. The second-order valence-corrected chi connectivity index (χ2v) is 4.48. The van der Waals surface area contributed by atoms with E-state index < -0.39 is 0 Å². The van der Waals surface area contributed by atoms with Gasteiger partial charge >= 0.3 is 0 Å². The summed E-state index contributed by atoms with van der Waals surface area (Å²) in [7, 11) is 1.48. The molecular formula is C13H10Cl2N2O2. The average Bonchev–Trinajstić information content (AvgIpc) is 2.41. The van der Waals surface area contributed by atoms with Crippen LogP contribution in [0.1, 0.15) is 10.4 Å². The van der Waals surface area contributed by atoms with Crippen LogP contribution in [0, 0.1) is 0 Å². The van der Waals surface area contributed by atoms with E-state index in [0.717, 1.165) is 0 Å². The zero-order valence-corrected chi connectivity index (χ0v) is 11.5. The minimum absolute atomic E-state index is 0.288. The van der Waals surface area contributed by atoms with Crippen LogP contribution in [-0.4, -0.2) is 18.0 Å². The van der Waals surface area contributed by atoms with Crippen LogP contribution < -0.4 is 10.1 Å². The second-order valence-electron chi connectivity index (χ2n) is 3.63. The summed E-state index contributed by atoms with van der Waals surface area (Å²) in [4.78, 5) is 16.1. The van der Waals surface area contributed by atoms with E-state index in [2.05, 4.69) is 10.3 Å². The first-order valence-corrected chi connectivity index (χ1v) is 6.13. The van der Waals surface area contributed by atoms with Crippen LogP contribution in [0.4, 0.5) is 5.82 Å². The van der Waals surface area contributed by atoms with Gasteiger partial charge in [-0.2, -0.15) is 0 Å². The van der Waals surface area contributed by atoms with Crippen LogP contribution in [0.5, 0.6) is 5.75 Å². The molecule has 1 amide bonds. The molecule has 1 aromatic carbocycles. The van der Waals surface area contributed by atoms with E-state index in [-0.39, 0.29) is 11.7 Å². The Balaban J connectivity index is 2.30. The number of hydrogen-bond donors (Lipinski definition) is 1. The van der Waals surface area contributed by atoms with Crippen LogP contribution in [-0.2, 0) is 0 Å². The lowest BCUT2D eigenvalue weighted by atomic mass is 10.2. The Hall–Kier alpha value is -1.78. The first kappa shape index (κ1) is 13.6. The number of rotatable bonds is 3. The van der Waals surface area contributed by atoms with E-state index in [0.29, 0.717) is 21.4 Å². The lowest BCUT2D eigenvalue weighted by molar-refractivity contribution is 0.102. The molecular weight excluding hydrogens is 287 g/mol. The fraction of sp³-hybridized carbons (Fsp3) is 0.0769. The number of hydrogen-bond acceptors (Lipinski definition) is 3. The van der Waals surface area contributed by atoms with Crippen molar-refractivity contribution in [3.05, 3.63) is 52.1 Å². The summed E-state index contributed by atoms with van der Waals surface area (Å²) in [6, 6.07) is 8.10. The minimum Gasteiger partial charge on any atom is -0.496 e. The van der Waals surface area contributed by atoms with Gasteiger partial charge in [0.2, 0.25) is 0 Å². The molecule has 6 heteroatoms. The molecule has 0 bridgehead atoms. The molecule has 0 saturated carbocycles. The summed E-state index contributed by atoms with van der Waals surface area (Å²) in [5.41, 5.74) is 0.316. The number of amides is 1. The Kier molecular flexibility index (Phi) is 4.24. The third-order valence-electron chi connectivity index (χ3n) is 2.40. The summed E-state index contributed by atoms with van der Waals surface area (Å²) < 4.78 is 5.12. The molecule has 0 aliphatic rings. The zero-order chi connectivity index (χ0) is 13.8. The number of ether oxygens (including phenoxy) is 1. The van der Waals surface area contributed by atoms with Gasteiger partial charge in [0.25, 0.3) is 5.91 Å². The number of carbonyl (C=O) groups excluding carboxylic acids is 1. The number of methoxy groups -OCH3 is 1. The Morgan fingerprint density at radius 2 is 2.11 bits per heavy atom. The molecule has 1 heterocycles. The highest BCUT2D eigenvalue weighted by atomic mass is 35.5. The Bertz CT molecular complexity index is 617. The van der Waals surface area contributed by atoms with Crippen molar-refractivity contribution < 1.29 is 9.53 Å². The molecule has 2 rings (SSSR count). The number of carbonyl (C=O) groups is 1. The summed E-state index contributed by atoms with van der Waals surface area (Å²) >= 11 is 11.8. The number of nitrogens with one attached hydrogen (secondary N) is 1. The van der Waals surface area contributed by atoms with Crippen molar-refractivity contribution in [2.75, 3.05) is 12.4 Å². The quantitative estimate of drug-likeness (QED) is 0.940. The molecule has 4 nitrogen and oxygen atoms in total. The number of pyridine rings is 1. The van der Waals surface area contributed by atoms with Gasteiger partial charge in [0.05, 0.1) is 17.7 Å². The maximum absolute atomic E-state index is 12.1. The second kappa shape index (κ2) is 5.91. The van der Waals surface area contributed by atoms with Crippen molar-refractivity contribution in [1.29, 1.82) is 0 Å². The predicted octanol–water partition coefficient (Wildman–Crippen LogP) is 3.65. The van der Waals surface area contributed by atoms with Crippen molar-refractivity contribution in [3.63, 3.8) is 0 Å². The number of benzene rings is 1. The largest absolute Gasteiger partial charge is 0.496 e. The fourth-order valence-electron chi connectivity index (χ4n) is 1.51. The maximum atomic E-state index is 12.1. The molecule has 0 aliphatic carbocycles. The van der Waals surface area contributed by atoms with Gasteiger partial charge in [-0.3, -0.25) is 4.79 Å². The molecule has 0 atom stereocenters. The molecule has 1 aromatic heterocycles. The third-order valence-corrected chi connectivity index (χ3v) is 2.94. The monoisotopic (exact) mass is 296 g/mol. The van der Waals surface area contributed by atoms with Gasteiger partial charge < -0.3 is 10.1 Å². The number of nitrogens with zero attached hydrogens (tertiary/aromatic N) is 1. The summed E-state index contributed by atoms with van der Waals surface area (Å²) in [6.07, 6.45) is 1.54. The van der Waals surface area contributed by atoms with Crippen LogP contribution in [0.25, 0.3) is 0 Å². The Morgan fingerprint density at radius 1 is 1.32 bits per heavy atom. The molecule has 98 valence electrons. The highest BCUT2D eigenvalue weighted by molar-refractivity contribution is 6.33. The van der Waals surface area contributed by atoms with Gasteiger partial charge in [-0.05, 0) is 30.3 Å². The van der Waals surface area contributed by atoms with Gasteiger partial charge in [-0.15, -0.1) is 0 Å². The van der Waals surface area contributed by atoms with Gasteiger partial charge in [-0.1, -0.05) is 23.2 Å². The van der Waals surface area contributed by atoms with Crippen molar-refractivity contribution in [1.82, 2.24) is 4.98 Å². The van der Waals surface area contributed by atoms with Crippen LogP contribution in [0.3, 0.4) is 0 Å². The minimum atomic E-state index is -0.389. The van der Waals surface area contributed by atoms with E-state index in [1.807, 2.05) is 0 Å². The van der Waals surface area contributed by atoms with E-state index in [4.69, 9.17) is 27.9 Å². The van der Waals surface area contributed by atoms with Crippen LogP contribution >= 0.6 is 23.2 Å².